The summed E-state index contributed by atoms with van der Waals surface area (Å²) >= 11 is 5.65. The fraction of sp³-hybridized carbons (Fsp3) is 0.200. The van der Waals surface area contributed by atoms with E-state index in [0.717, 1.165) is 13.6 Å². The molecule has 112 valence electrons. The quantitative estimate of drug-likeness (QED) is 0.686. The Kier molecular flexibility index (Phi) is 5.45. The van der Waals surface area contributed by atoms with E-state index in [9.17, 15) is 4.39 Å². The molecule has 2 aromatic rings. The molecule has 0 saturated carbocycles. The smallest absolute Gasteiger partial charge is 0.163 e. The van der Waals surface area contributed by atoms with Gasteiger partial charge in [-0.15, -0.1) is 0 Å². The van der Waals surface area contributed by atoms with Crippen molar-refractivity contribution in [3.63, 3.8) is 0 Å². The second-order valence-corrected chi connectivity index (χ2v) is 6.47. The molecule has 3 nitrogen and oxygen atoms in total. The molecule has 0 amide bonds. The highest BCUT2D eigenvalue weighted by Crippen LogP contribution is 2.35. The standard InChI is InChI=1S/C15H14BrFINO2/c1-20-13-6-10(12(17)7-14(13)21-2)15(19)9-5-8(18)3-4-11(9)16/h3-7,15H,19H2,1-2H3. The molecule has 0 radical (unpaired) electrons. The number of halogens is 3. The van der Waals surface area contributed by atoms with Crippen LogP contribution in [0.25, 0.3) is 0 Å². The minimum absolute atomic E-state index is 0.340. The Balaban J connectivity index is 2.52. The number of benzene rings is 2. The first-order chi connectivity index (χ1) is 9.97. The van der Waals surface area contributed by atoms with Crippen LogP contribution >= 0.6 is 38.5 Å². The highest BCUT2D eigenvalue weighted by atomic mass is 127. The molecule has 2 aromatic carbocycles. The second kappa shape index (κ2) is 6.93. The lowest BCUT2D eigenvalue weighted by molar-refractivity contribution is 0.351. The summed E-state index contributed by atoms with van der Waals surface area (Å²) in [5.41, 5.74) is 7.40. The minimum atomic E-state index is -0.603. The minimum Gasteiger partial charge on any atom is -0.493 e. The lowest BCUT2D eigenvalue weighted by Crippen LogP contribution is -2.15. The van der Waals surface area contributed by atoms with Gasteiger partial charge in [-0.3, -0.25) is 0 Å². The molecule has 0 aliphatic rings. The maximum Gasteiger partial charge on any atom is 0.163 e. The van der Waals surface area contributed by atoms with Crippen molar-refractivity contribution in [1.82, 2.24) is 0 Å². The Morgan fingerprint density at radius 3 is 2.33 bits per heavy atom. The molecule has 1 atom stereocenters. The van der Waals surface area contributed by atoms with Crippen molar-refractivity contribution in [3.8, 4) is 11.5 Å². The van der Waals surface area contributed by atoms with Gasteiger partial charge in [0, 0.05) is 19.7 Å². The van der Waals surface area contributed by atoms with E-state index >= 15 is 0 Å². The SMILES string of the molecule is COc1cc(F)c(C(N)c2cc(I)ccc2Br)cc1OC. The van der Waals surface area contributed by atoms with Gasteiger partial charge in [-0.2, -0.15) is 0 Å². The number of ether oxygens (including phenoxy) is 2. The average molecular weight is 466 g/mol. The molecular formula is C15H14BrFINO2. The Bertz CT molecular complexity index is 666. The van der Waals surface area contributed by atoms with E-state index in [-0.39, 0.29) is 0 Å². The van der Waals surface area contributed by atoms with Crippen molar-refractivity contribution >= 4 is 38.5 Å². The van der Waals surface area contributed by atoms with Gasteiger partial charge < -0.3 is 15.2 Å². The van der Waals surface area contributed by atoms with Crippen LogP contribution < -0.4 is 15.2 Å². The van der Waals surface area contributed by atoms with Crippen LogP contribution in [0.3, 0.4) is 0 Å². The Morgan fingerprint density at radius 1 is 1.10 bits per heavy atom. The van der Waals surface area contributed by atoms with Crippen LogP contribution in [0, 0.1) is 9.39 Å². The van der Waals surface area contributed by atoms with E-state index in [1.54, 1.807) is 6.07 Å². The molecule has 0 saturated heterocycles. The first-order valence-corrected chi connectivity index (χ1v) is 7.97. The zero-order valence-electron chi connectivity index (χ0n) is 11.5. The first kappa shape index (κ1) is 16.5. The molecular weight excluding hydrogens is 452 g/mol. The van der Waals surface area contributed by atoms with E-state index < -0.39 is 11.9 Å². The highest BCUT2D eigenvalue weighted by molar-refractivity contribution is 14.1. The average Bonchev–Trinajstić information content (AvgIpc) is 2.48. The summed E-state index contributed by atoms with van der Waals surface area (Å²) in [5.74, 6) is 0.365. The molecule has 0 spiro atoms. The van der Waals surface area contributed by atoms with Gasteiger partial charge in [-0.1, -0.05) is 15.9 Å². The summed E-state index contributed by atoms with van der Waals surface area (Å²) in [6.45, 7) is 0. The summed E-state index contributed by atoms with van der Waals surface area (Å²) in [4.78, 5) is 0. The molecule has 0 heterocycles. The van der Waals surface area contributed by atoms with Crippen molar-refractivity contribution in [2.24, 2.45) is 5.73 Å². The summed E-state index contributed by atoms with van der Waals surface area (Å²) in [5, 5.41) is 0. The largest absolute Gasteiger partial charge is 0.493 e. The van der Waals surface area contributed by atoms with Crippen LogP contribution in [0.2, 0.25) is 0 Å². The fourth-order valence-corrected chi connectivity index (χ4v) is 3.04. The van der Waals surface area contributed by atoms with Gasteiger partial charge in [-0.05, 0) is 52.4 Å². The van der Waals surface area contributed by atoms with E-state index in [2.05, 4.69) is 38.5 Å². The van der Waals surface area contributed by atoms with Crippen LogP contribution in [-0.2, 0) is 0 Å². The van der Waals surface area contributed by atoms with Crippen molar-refractivity contribution in [2.45, 2.75) is 6.04 Å². The fourth-order valence-electron chi connectivity index (χ4n) is 2.03. The monoisotopic (exact) mass is 465 g/mol. The van der Waals surface area contributed by atoms with Gasteiger partial charge in [0.1, 0.15) is 5.82 Å². The third-order valence-corrected chi connectivity index (χ3v) is 4.52. The summed E-state index contributed by atoms with van der Waals surface area (Å²) < 4.78 is 26.5. The van der Waals surface area contributed by atoms with Crippen molar-refractivity contribution < 1.29 is 13.9 Å². The van der Waals surface area contributed by atoms with E-state index in [1.807, 2.05) is 18.2 Å². The zero-order valence-corrected chi connectivity index (χ0v) is 15.2. The topological polar surface area (TPSA) is 44.5 Å². The van der Waals surface area contributed by atoms with Gasteiger partial charge in [-0.25, -0.2) is 4.39 Å². The van der Waals surface area contributed by atoms with Crippen LogP contribution in [0.5, 0.6) is 11.5 Å². The number of methoxy groups -OCH3 is 2. The predicted octanol–water partition coefficient (Wildman–Crippen LogP) is 4.26. The maximum atomic E-state index is 14.3. The molecule has 0 aliphatic heterocycles. The normalized spacial score (nSPS) is 12.1. The number of rotatable bonds is 4. The summed E-state index contributed by atoms with van der Waals surface area (Å²) in [7, 11) is 2.97. The lowest BCUT2D eigenvalue weighted by Gasteiger charge is -2.18. The van der Waals surface area contributed by atoms with Gasteiger partial charge >= 0.3 is 0 Å². The number of hydrogen-bond donors (Lipinski definition) is 1. The molecule has 0 aromatic heterocycles. The third-order valence-electron chi connectivity index (χ3n) is 3.13. The number of nitrogens with two attached hydrogens (primary N) is 1. The Morgan fingerprint density at radius 2 is 1.71 bits per heavy atom. The van der Waals surface area contributed by atoms with E-state index in [0.29, 0.717) is 17.1 Å². The first-order valence-electron chi connectivity index (χ1n) is 6.10. The molecule has 0 bridgehead atoms. The molecule has 21 heavy (non-hydrogen) atoms. The Hall–Kier alpha value is -0.860. The van der Waals surface area contributed by atoms with Gasteiger partial charge in [0.2, 0.25) is 0 Å². The lowest BCUT2D eigenvalue weighted by atomic mass is 9.98. The molecule has 0 aliphatic carbocycles. The summed E-state index contributed by atoms with van der Waals surface area (Å²) in [6, 6.07) is 8.03. The van der Waals surface area contributed by atoms with Crippen molar-refractivity contribution in [3.05, 3.63) is 55.3 Å². The summed E-state index contributed by atoms with van der Waals surface area (Å²) in [6.07, 6.45) is 0. The molecule has 6 heteroatoms. The van der Waals surface area contributed by atoms with Crippen LogP contribution in [0.4, 0.5) is 4.39 Å². The van der Waals surface area contributed by atoms with Crippen LogP contribution in [0.15, 0.2) is 34.8 Å². The third kappa shape index (κ3) is 3.49. The van der Waals surface area contributed by atoms with E-state index in [4.69, 9.17) is 15.2 Å². The highest BCUT2D eigenvalue weighted by Gasteiger charge is 2.20. The van der Waals surface area contributed by atoms with Crippen LogP contribution in [0.1, 0.15) is 17.2 Å². The number of hydrogen-bond acceptors (Lipinski definition) is 3. The van der Waals surface area contributed by atoms with Crippen LogP contribution in [-0.4, -0.2) is 14.2 Å². The van der Waals surface area contributed by atoms with Crippen molar-refractivity contribution in [2.75, 3.05) is 14.2 Å². The second-order valence-electron chi connectivity index (χ2n) is 4.37. The van der Waals surface area contributed by atoms with E-state index in [1.165, 1.54) is 20.3 Å². The van der Waals surface area contributed by atoms with Gasteiger partial charge in [0.15, 0.2) is 11.5 Å². The molecule has 1 unspecified atom stereocenters. The van der Waals surface area contributed by atoms with Gasteiger partial charge in [0.25, 0.3) is 0 Å². The van der Waals surface area contributed by atoms with Crippen molar-refractivity contribution in [1.29, 1.82) is 0 Å². The molecule has 0 fully saturated rings. The Labute approximate surface area is 144 Å². The zero-order chi connectivity index (χ0) is 15.6. The molecule has 2 rings (SSSR count). The predicted molar refractivity (Wildman–Crippen MR) is 92.4 cm³/mol. The van der Waals surface area contributed by atoms with Gasteiger partial charge in [0.05, 0.1) is 20.3 Å². The maximum absolute atomic E-state index is 14.3. The molecule has 2 N–H and O–H groups in total.